The molecule has 0 aromatic heterocycles. The molecular formula is C26H50O12P4. The van der Waals surface area contributed by atoms with Crippen LogP contribution in [0.2, 0.25) is 0 Å². The molecule has 0 saturated carbocycles. The van der Waals surface area contributed by atoms with Crippen LogP contribution >= 0.6 is 30.4 Å². The minimum atomic E-state index is -4.08. The molecule has 0 N–H and O–H groups in total. The van der Waals surface area contributed by atoms with Crippen molar-refractivity contribution in [2.45, 2.75) is 91.9 Å². The molecule has 0 rings (SSSR count). The van der Waals surface area contributed by atoms with Crippen LogP contribution in [0.4, 0.5) is 0 Å². The van der Waals surface area contributed by atoms with Gasteiger partial charge in [0.15, 0.2) is 9.79 Å². The van der Waals surface area contributed by atoms with Gasteiger partial charge in [0.05, 0.1) is 52.9 Å². The minimum Gasteiger partial charge on any atom is -0.308 e. The Labute approximate surface area is 253 Å². The molecule has 16 heteroatoms. The third kappa shape index (κ3) is 9.61. The molecule has 246 valence electrons. The summed E-state index contributed by atoms with van der Waals surface area (Å²) in [6.45, 7) is 16.2. The van der Waals surface area contributed by atoms with Crippen molar-refractivity contribution in [3.63, 3.8) is 0 Å². The lowest BCUT2D eigenvalue weighted by molar-refractivity contribution is 0.178. The van der Waals surface area contributed by atoms with Gasteiger partial charge in [-0.2, -0.15) is 0 Å². The SMILES string of the molecule is CCOP(=O)(OCC)C(C)(CC#CC#CCC(C)(P(=O)(OCC)OCC)P(=O)(OCC)OCC)P(=O)(OCC)OCC. The van der Waals surface area contributed by atoms with Crippen molar-refractivity contribution in [3.05, 3.63) is 0 Å². The van der Waals surface area contributed by atoms with Crippen molar-refractivity contribution in [2.24, 2.45) is 0 Å². The fourth-order valence-corrected chi connectivity index (χ4v) is 13.9. The molecule has 0 bridgehead atoms. The van der Waals surface area contributed by atoms with Gasteiger partial charge < -0.3 is 36.2 Å². The van der Waals surface area contributed by atoms with E-state index in [9.17, 15) is 18.3 Å². The van der Waals surface area contributed by atoms with E-state index in [0.29, 0.717) is 0 Å². The summed E-state index contributed by atoms with van der Waals surface area (Å²) in [5.74, 6) is 10.8. The first kappa shape index (κ1) is 41.7. The zero-order valence-electron chi connectivity index (χ0n) is 26.8. The van der Waals surface area contributed by atoms with E-state index in [2.05, 4.69) is 23.7 Å². The first-order chi connectivity index (χ1) is 19.7. The Balaban J connectivity index is 6.79. The summed E-state index contributed by atoms with van der Waals surface area (Å²) in [5.41, 5.74) is 0. The molecule has 0 spiro atoms. The molecule has 0 atom stereocenters. The van der Waals surface area contributed by atoms with Gasteiger partial charge in [0.25, 0.3) is 0 Å². The number of hydrogen-bond acceptors (Lipinski definition) is 12. The van der Waals surface area contributed by atoms with Crippen LogP contribution in [-0.2, 0) is 54.5 Å². The van der Waals surface area contributed by atoms with E-state index in [0.717, 1.165) is 0 Å². The molecule has 0 amide bonds. The largest absolute Gasteiger partial charge is 0.349 e. The Hall–Kier alpha value is -0.280. The molecule has 0 aliphatic rings. The maximum atomic E-state index is 14.0. The third-order valence-electron chi connectivity index (χ3n) is 5.84. The van der Waals surface area contributed by atoms with Gasteiger partial charge in [-0.05, 0) is 81.1 Å². The normalized spacial score (nSPS) is 13.3. The molecule has 0 heterocycles. The summed E-state index contributed by atoms with van der Waals surface area (Å²) in [6, 6.07) is 0. The van der Waals surface area contributed by atoms with Crippen LogP contribution in [0.3, 0.4) is 0 Å². The average molecular weight is 679 g/mol. The molecule has 0 unspecified atom stereocenters. The first-order valence-corrected chi connectivity index (χ1v) is 20.4. The second kappa shape index (κ2) is 19.3. The monoisotopic (exact) mass is 678 g/mol. The van der Waals surface area contributed by atoms with E-state index < -0.39 is 40.2 Å². The molecule has 0 aliphatic heterocycles. The van der Waals surface area contributed by atoms with Crippen LogP contribution in [0.5, 0.6) is 0 Å². The molecule has 0 fully saturated rings. The lowest BCUT2D eigenvalue weighted by atomic mass is 10.3. The van der Waals surface area contributed by atoms with Crippen LogP contribution < -0.4 is 0 Å². The topological polar surface area (TPSA) is 142 Å². The third-order valence-corrected chi connectivity index (χ3v) is 18.9. The number of rotatable bonds is 22. The molecule has 0 aromatic carbocycles. The van der Waals surface area contributed by atoms with Crippen molar-refractivity contribution < 1.29 is 54.5 Å². The maximum absolute atomic E-state index is 14.0. The zero-order chi connectivity index (χ0) is 32.6. The smallest absolute Gasteiger partial charge is 0.308 e. The summed E-state index contributed by atoms with van der Waals surface area (Å²) < 4.78 is 100. The van der Waals surface area contributed by atoms with Crippen molar-refractivity contribution in [1.82, 2.24) is 0 Å². The highest BCUT2D eigenvalue weighted by molar-refractivity contribution is 7.74. The fourth-order valence-electron chi connectivity index (χ4n) is 3.82. The van der Waals surface area contributed by atoms with Gasteiger partial charge in [-0.15, -0.1) is 0 Å². The minimum absolute atomic E-state index is 0.0242. The molecule has 0 aromatic rings. The maximum Gasteiger partial charge on any atom is 0.349 e. The van der Waals surface area contributed by atoms with Crippen molar-refractivity contribution in [3.8, 4) is 23.7 Å². The average Bonchev–Trinajstić information content (AvgIpc) is 2.91. The van der Waals surface area contributed by atoms with Crippen LogP contribution in [0, 0.1) is 23.7 Å². The van der Waals surface area contributed by atoms with E-state index >= 15 is 0 Å². The second-order valence-electron chi connectivity index (χ2n) is 8.72. The Morgan fingerprint density at radius 3 is 0.714 bits per heavy atom. The van der Waals surface area contributed by atoms with Gasteiger partial charge >= 0.3 is 30.4 Å². The van der Waals surface area contributed by atoms with E-state index in [-0.39, 0.29) is 65.7 Å². The molecule has 0 radical (unpaired) electrons. The Bertz CT molecular complexity index is 946. The highest BCUT2D eigenvalue weighted by atomic mass is 31.2. The highest BCUT2D eigenvalue weighted by Crippen LogP contribution is 2.80. The van der Waals surface area contributed by atoms with Crippen LogP contribution in [0.15, 0.2) is 0 Å². The van der Waals surface area contributed by atoms with Gasteiger partial charge in [0.2, 0.25) is 0 Å². The molecule has 42 heavy (non-hydrogen) atoms. The summed E-state index contributed by atoms with van der Waals surface area (Å²) >= 11 is 0. The quantitative estimate of drug-likeness (QED) is 0.0803. The van der Waals surface area contributed by atoms with Crippen molar-refractivity contribution in [2.75, 3.05) is 52.9 Å². The molecule has 0 aliphatic carbocycles. The second-order valence-corrected chi connectivity index (χ2v) is 19.4. The Morgan fingerprint density at radius 1 is 0.405 bits per heavy atom. The highest BCUT2D eigenvalue weighted by Gasteiger charge is 2.62. The van der Waals surface area contributed by atoms with Gasteiger partial charge in [-0.1, -0.05) is 11.8 Å². The lowest BCUT2D eigenvalue weighted by Crippen LogP contribution is -2.30. The first-order valence-electron chi connectivity index (χ1n) is 14.2. The zero-order valence-corrected chi connectivity index (χ0v) is 30.3. The van der Waals surface area contributed by atoms with E-state index in [1.54, 1.807) is 55.4 Å². The summed E-state index contributed by atoms with van der Waals surface area (Å²) in [4.78, 5) is -3.55. The van der Waals surface area contributed by atoms with E-state index in [4.69, 9.17) is 36.2 Å². The molecule has 12 nitrogen and oxygen atoms in total. The predicted octanol–water partition coefficient (Wildman–Crippen LogP) is 8.27. The predicted molar refractivity (Wildman–Crippen MR) is 165 cm³/mol. The summed E-state index contributed by atoms with van der Waals surface area (Å²) in [6.07, 6.45) is -0.555. The lowest BCUT2D eigenvalue weighted by Gasteiger charge is -2.38. The Morgan fingerprint density at radius 2 is 0.571 bits per heavy atom. The van der Waals surface area contributed by atoms with Crippen molar-refractivity contribution >= 4 is 30.4 Å². The Kier molecular flexibility index (Phi) is 19.2. The van der Waals surface area contributed by atoms with E-state index in [1.807, 2.05) is 0 Å². The number of hydrogen-bond donors (Lipinski definition) is 0. The standard InChI is InChI=1S/C26H50O12P4/c1-11-31-39(27,32-12-2)25(9,40(28,33-13-3)34-14-4)23-21-19-20-22-24-26(10,41(29,35-15-5)36-16-6)42(30,37-17-7)38-18-8/h11-18,23-24H2,1-10H3. The van der Waals surface area contributed by atoms with Gasteiger partial charge in [-0.25, -0.2) is 0 Å². The van der Waals surface area contributed by atoms with Crippen LogP contribution in [0.25, 0.3) is 0 Å². The van der Waals surface area contributed by atoms with Gasteiger partial charge in [0.1, 0.15) is 0 Å². The summed E-state index contributed by atoms with van der Waals surface area (Å²) in [7, 11) is -16.3. The molecular weight excluding hydrogens is 628 g/mol. The van der Waals surface area contributed by atoms with Crippen molar-refractivity contribution in [1.29, 1.82) is 0 Å². The van der Waals surface area contributed by atoms with Crippen LogP contribution in [0.1, 0.15) is 82.1 Å². The fraction of sp³-hybridized carbons (Fsp3) is 0.846. The van der Waals surface area contributed by atoms with Crippen LogP contribution in [-0.4, -0.2) is 62.6 Å². The van der Waals surface area contributed by atoms with Gasteiger partial charge in [0, 0.05) is 12.8 Å². The van der Waals surface area contributed by atoms with E-state index in [1.165, 1.54) is 13.8 Å². The molecule has 0 saturated heterocycles. The van der Waals surface area contributed by atoms with Gasteiger partial charge in [-0.3, -0.25) is 18.3 Å². The summed E-state index contributed by atoms with van der Waals surface area (Å²) in [5, 5.41) is 0.